The minimum Gasteiger partial charge on any atom is -0.508 e. The molecular weight excluding hydrogens is 542 g/mol. The molecule has 1 heterocycles. The van der Waals surface area contributed by atoms with E-state index in [9.17, 15) is 39.0 Å². The number of nitrogens with one attached hydrogen (secondary N) is 4. The fourth-order valence-electron chi connectivity index (χ4n) is 3.68. The van der Waals surface area contributed by atoms with Gasteiger partial charge in [0.2, 0.25) is 23.6 Å². The zero-order chi connectivity index (χ0) is 30.5. The van der Waals surface area contributed by atoms with Gasteiger partial charge in [-0.2, -0.15) is 0 Å². The van der Waals surface area contributed by atoms with Crippen LogP contribution in [0.3, 0.4) is 0 Å². The monoisotopic (exact) mass is 575 g/mol. The summed E-state index contributed by atoms with van der Waals surface area (Å²) in [6.07, 6.45) is 1.30. The maximum Gasteiger partial charge on any atom is 0.326 e. The number of phenols is 1. The van der Waals surface area contributed by atoms with Crippen LogP contribution in [0, 0.1) is 0 Å². The van der Waals surface area contributed by atoms with Crippen LogP contribution < -0.4 is 27.4 Å². The summed E-state index contributed by atoms with van der Waals surface area (Å²) in [5.41, 5.74) is 11.9. The molecule has 0 saturated carbocycles. The quantitative estimate of drug-likeness (QED) is 0.0984. The van der Waals surface area contributed by atoms with Gasteiger partial charge in [0.25, 0.3) is 0 Å². The topological polar surface area (TPSA) is 280 Å². The lowest BCUT2D eigenvalue weighted by molar-refractivity contribution is -0.142. The van der Waals surface area contributed by atoms with Gasteiger partial charge in [0.1, 0.15) is 23.9 Å². The van der Waals surface area contributed by atoms with Crippen LogP contribution in [-0.2, 0) is 41.6 Å². The Morgan fingerprint density at radius 3 is 2.00 bits per heavy atom. The number of carbonyl (C=O) groups excluding carboxylic acids is 4. The van der Waals surface area contributed by atoms with Crippen LogP contribution in [0.15, 0.2) is 36.8 Å². The minimum absolute atomic E-state index is 0.0292. The van der Waals surface area contributed by atoms with Crippen molar-refractivity contribution in [3.05, 3.63) is 48.0 Å². The normalized spacial score (nSPS) is 13.7. The summed E-state index contributed by atoms with van der Waals surface area (Å²) in [6.45, 7) is 0. The zero-order valence-electron chi connectivity index (χ0n) is 21.9. The molecule has 4 unspecified atom stereocenters. The van der Waals surface area contributed by atoms with Crippen LogP contribution in [0.5, 0.6) is 5.75 Å². The molecule has 0 aliphatic heterocycles. The van der Waals surface area contributed by atoms with Crippen molar-refractivity contribution in [3.8, 4) is 5.75 Å². The third-order valence-corrected chi connectivity index (χ3v) is 5.92. The molecule has 0 spiro atoms. The molecule has 41 heavy (non-hydrogen) atoms. The molecule has 0 bridgehead atoms. The Bertz CT molecular complexity index is 1220. The van der Waals surface area contributed by atoms with E-state index in [4.69, 9.17) is 16.6 Å². The highest BCUT2D eigenvalue weighted by molar-refractivity contribution is 5.94. The molecule has 2 aromatic rings. The number of aromatic nitrogens is 2. The van der Waals surface area contributed by atoms with Gasteiger partial charge in [-0.1, -0.05) is 12.1 Å². The van der Waals surface area contributed by atoms with Gasteiger partial charge in [0.15, 0.2) is 0 Å². The molecular formula is C25H33N7O9. The van der Waals surface area contributed by atoms with Crippen molar-refractivity contribution in [2.45, 2.75) is 62.7 Å². The van der Waals surface area contributed by atoms with E-state index in [1.165, 1.54) is 36.8 Å². The molecule has 4 amide bonds. The first-order valence-corrected chi connectivity index (χ1v) is 12.5. The summed E-state index contributed by atoms with van der Waals surface area (Å²) in [5, 5.41) is 35.1. The number of rotatable bonds is 17. The van der Waals surface area contributed by atoms with Gasteiger partial charge in [-0.05, 0) is 30.5 Å². The Balaban J connectivity index is 2.20. The summed E-state index contributed by atoms with van der Waals surface area (Å²) in [7, 11) is 0. The van der Waals surface area contributed by atoms with Gasteiger partial charge in [0, 0.05) is 37.6 Å². The lowest BCUT2D eigenvalue weighted by Crippen LogP contribution is -2.58. The smallest absolute Gasteiger partial charge is 0.326 e. The summed E-state index contributed by atoms with van der Waals surface area (Å²) >= 11 is 0. The highest BCUT2D eigenvalue weighted by Gasteiger charge is 2.31. The average molecular weight is 576 g/mol. The molecule has 0 radical (unpaired) electrons. The number of hydrogen-bond donors (Lipinski definition) is 9. The van der Waals surface area contributed by atoms with Crippen molar-refractivity contribution in [1.29, 1.82) is 0 Å². The van der Waals surface area contributed by atoms with E-state index >= 15 is 0 Å². The standard InChI is InChI=1S/C25H33N7O9/c26-16(5-8-21(35)36)22(37)31-18(10-14-11-28-12-29-14)24(39)30-17(6-7-20(27)34)23(38)32-19(25(40)41)9-13-1-3-15(33)4-2-13/h1-4,11-12,16-19,33H,5-10,26H2,(H2,27,34)(H,28,29)(H,30,39)(H,31,37)(H,32,38)(H,35,36)(H,40,41). The number of carbonyl (C=O) groups is 6. The predicted octanol–water partition coefficient (Wildman–Crippen LogP) is -2.10. The van der Waals surface area contributed by atoms with E-state index in [1.807, 2.05) is 0 Å². The first-order chi connectivity index (χ1) is 19.3. The molecule has 1 aromatic heterocycles. The summed E-state index contributed by atoms with van der Waals surface area (Å²) in [5.74, 6) is -5.94. The number of aliphatic carboxylic acids is 2. The van der Waals surface area contributed by atoms with Gasteiger partial charge >= 0.3 is 11.9 Å². The number of primary amides is 1. The molecule has 16 nitrogen and oxygen atoms in total. The fourth-order valence-corrected chi connectivity index (χ4v) is 3.68. The average Bonchev–Trinajstić information content (AvgIpc) is 3.42. The van der Waals surface area contributed by atoms with E-state index in [1.54, 1.807) is 0 Å². The Morgan fingerprint density at radius 2 is 1.44 bits per heavy atom. The number of amides is 4. The van der Waals surface area contributed by atoms with Crippen LogP contribution in [0.4, 0.5) is 0 Å². The Labute approximate surface area is 233 Å². The number of hydrogen-bond acceptors (Lipinski definition) is 9. The molecule has 1 aromatic carbocycles. The number of aromatic hydroxyl groups is 1. The van der Waals surface area contributed by atoms with Crippen molar-refractivity contribution in [2.24, 2.45) is 11.5 Å². The summed E-state index contributed by atoms with van der Waals surface area (Å²) < 4.78 is 0. The van der Waals surface area contributed by atoms with Crippen molar-refractivity contribution in [3.63, 3.8) is 0 Å². The van der Waals surface area contributed by atoms with Crippen LogP contribution in [0.1, 0.15) is 36.9 Å². The van der Waals surface area contributed by atoms with E-state index in [0.29, 0.717) is 11.3 Å². The van der Waals surface area contributed by atoms with Crippen molar-refractivity contribution >= 4 is 35.6 Å². The highest BCUT2D eigenvalue weighted by atomic mass is 16.4. The van der Waals surface area contributed by atoms with Crippen molar-refractivity contribution in [2.75, 3.05) is 0 Å². The van der Waals surface area contributed by atoms with E-state index < -0.39 is 59.7 Å². The molecule has 2 rings (SSSR count). The summed E-state index contributed by atoms with van der Waals surface area (Å²) in [6, 6.07) is 0.275. The molecule has 0 saturated heterocycles. The van der Waals surface area contributed by atoms with Crippen LogP contribution >= 0.6 is 0 Å². The number of nitrogens with zero attached hydrogens (tertiary/aromatic N) is 1. The highest BCUT2D eigenvalue weighted by Crippen LogP contribution is 2.12. The lowest BCUT2D eigenvalue weighted by Gasteiger charge is -2.25. The number of nitrogens with two attached hydrogens (primary N) is 2. The number of carboxylic acids is 2. The molecule has 11 N–H and O–H groups in total. The van der Waals surface area contributed by atoms with E-state index in [2.05, 4.69) is 25.9 Å². The lowest BCUT2D eigenvalue weighted by atomic mass is 10.0. The number of imidazole rings is 1. The van der Waals surface area contributed by atoms with Crippen LogP contribution in [0.25, 0.3) is 0 Å². The molecule has 222 valence electrons. The second-order valence-electron chi connectivity index (χ2n) is 9.22. The molecule has 0 aliphatic rings. The molecule has 16 heteroatoms. The van der Waals surface area contributed by atoms with Crippen LogP contribution in [-0.4, -0.2) is 85.0 Å². The maximum absolute atomic E-state index is 13.3. The van der Waals surface area contributed by atoms with E-state index in [0.717, 1.165) is 0 Å². The third-order valence-electron chi connectivity index (χ3n) is 5.92. The second-order valence-corrected chi connectivity index (χ2v) is 9.22. The first-order valence-electron chi connectivity index (χ1n) is 12.5. The van der Waals surface area contributed by atoms with Crippen molar-refractivity contribution < 1.29 is 44.1 Å². The number of phenolic OH excluding ortho intramolecular Hbond substituents is 1. The molecule has 0 fully saturated rings. The number of carboxylic acid groups (broad SMARTS) is 2. The van der Waals surface area contributed by atoms with Gasteiger partial charge in [0.05, 0.1) is 12.4 Å². The fraction of sp³-hybridized carbons (Fsp3) is 0.400. The summed E-state index contributed by atoms with van der Waals surface area (Å²) in [4.78, 5) is 79.7. The van der Waals surface area contributed by atoms with E-state index in [-0.39, 0.29) is 44.3 Å². The van der Waals surface area contributed by atoms with Gasteiger partial charge in [-0.15, -0.1) is 0 Å². The largest absolute Gasteiger partial charge is 0.508 e. The first kappa shape index (κ1) is 32.2. The zero-order valence-corrected chi connectivity index (χ0v) is 21.9. The SMILES string of the molecule is NC(=O)CCC(NC(=O)C(Cc1cnc[nH]1)NC(=O)C(N)CCC(=O)O)C(=O)NC(Cc1ccc(O)cc1)C(=O)O. The Kier molecular flexibility index (Phi) is 12.2. The van der Waals surface area contributed by atoms with Gasteiger partial charge in [-0.3, -0.25) is 24.0 Å². The minimum atomic E-state index is -1.42. The Morgan fingerprint density at radius 1 is 0.829 bits per heavy atom. The van der Waals surface area contributed by atoms with Crippen molar-refractivity contribution in [1.82, 2.24) is 25.9 Å². The maximum atomic E-state index is 13.3. The van der Waals surface area contributed by atoms with Crippen LogP contribution in [0.2, 0.25) is 0 Å². The number of benzene rings is 1. The van der Waals surface area contributed by atoms with Gasteiger partial charge in [-0.25, -0.2) is 9.78 Å². The number of aromatic amines is 1. The predicted molar refractivity (Wildman–Crippen MR) is 141 cm³/mol. The van der Waals surface area contributed by atoms with Gasteiger partial charge < -0.3 is 47.7 Å². The molecule has 4 atom stereocenters. The third kappa shape index (κ3) is 11.3. The second kappa shape index (κ2) is 15.6. The molecule has 0 aliphatic carbocycles. The number of H-pyrrole nitrogens is 1. The Hall–Kier alpha value is -4.99.